The summed E-state index contributed by atoms with van der Waals surface area (Å²) >= 11 is 0. The summed E-state index contributed by atoms with van der Waals surface area (Å²) < 4.78 is 4.69. The second-order valence-electron chi connectivity index (χ2n) is 13.0. The molecular formula is C46H28N4. The molecule has 232 valence electrons. The molecule has 4 nitrogen and oxygen atoms in total. The number of pyridine rings is 2. The van der Waals surface area contributed by atoms with Gasteiger partial charge in [-0.15, -0.1) is 0 Å². The summed E-state index contributed by atoms with van der Waals surface area (Å²) in [6.45, 7) is 0. The van der Waals surface area contributed by atoms with E-state index in [-0.39, 0.29) is 0 Å². The third kappa shape index (κ3) is 3.81. The Bertz CT molecular complexity index is 3100. The number of fused-ring (bicyclic) bond motifs is 10. The zero-order chi connectivity index (χ0) is 32.8. The predicted molar refractivity (Wildman–Crippen MR) is 209 cm³/mol. The number of hydrogen-bond donors (Lipinski definition) is 0. The molecule has 0 bridgehead atoms. The lowest BCUT2D eigenvalue weighted by molar-refractivity contribution is 1.10. The minimum atomic E-state index is 0.872. The van der Waals surface area contributed by atoms with Gasteiger partial charge in [0.05, 0.1) is 38.6 Å². The van der Waals surface area contributed by atoms with Crippen LogP contribution in [0, 0.1) is 0 Å². The van der Waals surface area contributed by atoms with Crippen molar-refractivity contribution in [1.29, 1.82) is 0 Å². The van der Waals surface area contributed by atoms with Crippen LogP contribution >= 0.6 is 0 Å². The normalized spacial score (nSPS) is 12.0. The van der Waals surface area contributed by atoms with E-state index in [1.807, 2.05) is 0 Å². The van der Waals surface area contributed by atoms with Crippen LogP contribution in [0.5, 0.6) is 0 Å². The molecule has 0 atom stereocenters. The minimum Gasteiger partial charge on any atom is -0.309 e. The van der Waals surface area contributed by atoms with Crippen LogP contribution in [0.3, 0.4) is 0 Å². The van der Waals surface area contributed by atoms with Crippen LogP contribution in [0.1, 0.15) is 0 Å². The van der Waals surface area contributed by atoms with E-state index in [2.05, 4.69) is 179 Å². The van der Waals surface area contributed by atoms with Crippen molar-refractivity contribution in [1.82, 2.24) is 19.1 Å². The first-order valence-electron chi connectivity index (χ1n) is 17.0. The Balaban J connectivity index is 1.18. The first kappa shape index (κ1) is 27.2. The van der Waals surface area contributed by atoms with Crippen molar-refractivity contribution in [2.75, 3.05) is 0 Å². The van der Waals surface area contributed by atoms with Gasteiger partial charge < -0.3 is 4.57 Å². The maximum absolute atomic E-state index is 5.44. The van der Waals surface area contributed by atoms with Crippen molar-refractivity contribution >= 4 is 76.3 Å². The van der Waals surface area contributed by atoms with E-state index in [9.17, 15) is 0 Å². The lowest BCUT2D eigenvalue weighted by atomic mass is 9.95. The van der Waals surface area contributed by atoms with Gasteiger partial charge in [0.15, 0.2) is 0 Å². The topological polar surface area (TPSA) is 35.6 Å². The van der Waals surface area contributed by atoms with Crippen LogP contribution in [0.15, 0.2) is 170 Å². The highest BCUT2D eigenvalue weighted by atomic mass is 15.1. The first-order chi connectivity index (χ1) is 24.8. The van der Waals surface area contributed by atoms with Gasteiger partial charge in [-0.1, -0.05) is 115 Å². The van der Waals surface area contributed by atoms with Crippen molar-refractivity contribution in [3.63, 3.8) is 0 Å². The fourth-order valence-corrected chi connectivity index (χ4v) is 8.11. The van der Waals surface area contributed by atoms with Gasteiger partial charge in [0.1, 0.15) is 5.82 Å². The molecule has 0 saturated carbocycles. The number of nitrogens with zero attached hydrogens (tertiary/aromatic N) is 4. The largest absolute Gasteiger partial charge is 0.309 e. The molecule has 0 radical (unpaired) electrons. The van der Waals surface area contributed by atoms with E-state index < -0.39 is 0 Å². The summed E-state index contributed by atoms with van der Waals surface area (Å²) in [6.07, 6.45) is 0. The van der Waals surface area contributed by atoms with Gasteiger partial charge in [-0.05, 0) is 60.2 Å². The molecule has 0 aliphatic heterocycles. The lowest BCUT2D eigenvalue weighted by Crippen LogP contribution is -1.99. The summed E-state index contributed by atoms with van der Waals surface area (Å²) in [7, 11) is 0. The van der Waals surface area contributed by atoms with Gasteiger partial charge >= 0.3 is 0 Å². The number of rotatable bonds is 3. The molecule has 4 heteroatoms. The zero-order valence-corrected chi connectivity index (χ0v) is 27.0. The lowest BCUT2D eigenvalue weighted by Gasteiger charge is -2.14. The average molecular weight is 637 g/mol. The fourth-order valence-electron chi connectivity index (χ4n) is 8.11. The standard InChI is InChI=1S/C46H28N4/c1-2-12-29(13-3-1)44-35-17-4-8-18-38(35)47-46-36(44)25-22-30-23-27-43(48-45(30)46)50-41-21-11-7-16-34(41)37-28-31(24-26-42(37)50)49-39-19-9-5-14-32(39)33-15-6-10-20-40(33)49/h1-28H. The van der Waals surface area contributed by atoms with E-state index in [1.54, 1.807) is 0 Å². The van der Waals surface area contributed by atoms with Crippen molar-refractivity contribution in [3.05, 3.63) is 170 Å². The smallest absolute Gasteiger partial charge is 0.138 e. The number of hydrogen-bond acceptors (Lipinski definition) is 2. The molecule has 0 saturated heterocycles. The Morgan fingerprint density at radius 3 is 1.68 bits per heavy atom. The summed E-state index contributed by atoms with van der Waals surface area (Å²) in [5, 5.41) is 8.21. The van der Waals surface area contributed by atoms with Gasteiger partial charge in [0, 0.05) is 49.0 Å². The zero-order valence-electron chi connectivity index (χ0n) is 27.0. The van der Waals surface area contributed by atoms with Crippen molar-refractivity contribution in [2.45, 2.75) is 0 Å². The highest BCUT2D eigenvalue weighted by Gasteiger charge is 2.19. The van der Waals surface area contributed by atoms with E-state index >= 15 is 0 Å². The van der Waals surface area contributed by atoms with Gasteiger partial charge in [-0.2, -0.15) is 0 Å². The summed E-state index contributed by atoms with van der Waals surface area (Å²) in [6, 6.07) is 60.6. The molecule has 7 aromatic carbocycles. The molecule has 0 spiro atoms. The van der Waals surface area contributed by atoms with E-state index in [0.717, 1.165) is 55.2 Å². The Hall–Kier alpha value is -6.78. The highest BCUT2D eigenvalue weighted by Crippen LogP contribution is 2.39. The number of para-hydroxylation sites is 4. The second-order valence-corrected chi connectivity index (χ2v) is 13.0. The molecule has 11 aromatic rings. The number of benzene rings is 7. The Morgan fingerprint density at radius 1 is 0.360 bits per heavy atom. The van der Waals surface area contributed by atoms with Crippen molar-refractivity contribution in [3.8, 4) is 22.6 Å². The minimum absolute atomic E-state index is 0.872. The SMILES string of the molecule is c1ccc(-c2c3ccccc3nc3c2ccc2ccc(-n4c5ccccc5c5cc(-n6c7ccccc7c7ccccc76)ccc54)nc23)cc1. The number of aromatic nitrogens is 4. The first-order valence-corrected chi connectivity index (χ1v) is 17.0. The van der Waals surface area contributed by atoms with Crippen LogP contribution in [0.2, 0.25) is 0 Å². The molecule has 0 fully saturated rings. The fraction of sp³-hybridized carbons (Fsp3) is 0. The maximum Gasteiger partial charge on any atom is 0.138 e. The predicted octanol–water partition coefficient (Wildman–Crippen LogP) is 11.8. The van der Waals surface area contributed by atoms with Crippen LogP contribution in [0.25, 0.3) is 99.0 Å². The van der Waals surface area contributed by atoms with Gasteiger partial charge in [-0.25, -0.2) is 9.97 Å². The molecule has 0 unspecified atom stereocenters. The molecule has 4 heterocycles. The molecule has 11 rings (SSSR count). The summed E-state index contributed by atoms with van der Waals surface area (Å²) in [5.41, 5.74) is 10.9. The van der Waals surface area contributed by atoms with Crippen molar-refractivity contribution in [2.24, 2.45) is 0 Å². The van der Waals surface area contributed by atoms with Crippen molar-refractivity contribution < 1.29 is 0 Å². The Labute approximate surface area is 287 Å². The van der Waals surface area contributed by atoms with Gasteiger partial charge in [0.2, 0.25) is 0 Å². The maximum atomic E-state index is 5.44. The molecular weight excluding hydrogens is 609 g/mol. The second kappa shape index (κ2) is 10.4. The summed E-state index contributed by atoms with van der Waals surface area (Å²) in [4.78, 5) is 10.7. The van der Waals surface area contributed by atoms with Gasteiger partial charge in [-0.3, -0.25) is 4.57 Å². The summed E-state index contributed by atoms with van der Waals surface area (Å²) in [5.74, 6) is 0.872. The molecule has 0 aliphatic carbocycles. The van der Waals surface area contributed by atoms with Crippen LogP contribution in [0.4, 0.5) is 0 Å². The van der Waals surface area contributed by atoms with E-state index in [1.165, 1.54) is 43.7 Å². The molecule has 0 aliphatic rings. The highest BCUT2D eigenvalue weighted by molar-refractivity contribution is 6.16. The van der Waals surface area contributed by atoms with E-state index in [4.69, 9.17) is 9.97 Å². The molecule has 0 amide bonds. The van der Waals surface area contributed by atoms with Crippen LogP contribution < -0.4 is 0 Å². The van der Waals surface area contributed by atoms with Gasteiger partial charge in [0.25, 0.3) is 0 Å². The third-order valence-corrected chi connectivity index (χ3v) is 10.3. The Kier molecular flexibility index (Phi) is 5.63. The molecule has 4 aromatic heterocycles. The Morgan fingerprint density at radius 2 is 0.940 bits per heavy atom. The molecule has 0 N–H and O–H groups in total. The van der Waals surface area contributed by atoms with E-state index in [0.29, 0.717) is 0 Å². The molecule has 50 heavy (non-hydrogen) atoms. The third-order valence-electron chi connectivity index (χ3n) is 10.3. The monoisotopic (exact) mass is 636 g/mol. The van der Waals surface area contributed by atoms with Crippen LogP contribution in [-0.2, 0) is 0 Å². The van der Waals surface area contributed by atoms with Crippen LogP contribution in [-0.4, -0.2) is 19.1 Å². The average Bonchev–Trinajstić information content (AvgIpc) is 3.70. The quantitative estimate of drug-likeness (QED) is 0.143.